The number of H-pyrrole nitrogens is 1. The summed E-state index contributed by atoms with van der Waals surface area (Å²) >= 11 is 0. The van der Waals surface area contributed by atoms with Crippen LogP contribution in [0.4, 0.5) is 0 Å². The SMILES string of the molecule is O=C(c1ccc2nc[nH]c2c1)N1CCCN(C(=O)c2cnccn2)CC1. The Balaban J connectivity index is 1.46. The molecular formula is C18H18N6O2. The predicted molar refractivity (Wildman–Crippen MR) is 94.5 cm³/mol. The van der Waals surface area contributed by atoms with Crippen LogP contribution >= 0.6 is 0 Å². The van der Waals surface area contributed by atoms with E-state index in [1.165, 1.54) is 18.6 Å². The number of hydrogen-bond donors (Lipinski definition) is 1. The standard InChI is InChI=1S/C18H18N6O2/c25-17(13-2-3-14-15(10-13)22-12-21-14)23-6-1-7-24(9-8-23)18(26)16-11-19-4-5-20-16/h2-5,10-12H,1,6-9H2,(H,21,22). The zero-order valence-corrected chi connectivity index (χ0v) is 14.1. The van der Waals surface area contributed by atoms with E-state index in [0.29, 0.717) is 37.4 Å². The molecule has 132 valence electrons. The first kappa shape index (κ1) is 16.2. The molecule has 1 aromatic carbocycles. The Bertz CT molecular complexity index is 939. The summed E-state index contributed by atoms with van der Waals surface area (Å²) in [4.78, 5) is 44.1. The van der Waals surface area contributed by atoms with Gasteiger partial charge in [0.2, 0.25) is 0 Å². The maximum absolute atomic E-state index is 12.8. The minimum Gasteiger partial charge on any atom is -0.345 e. The molecule has 26 heavy (non-hydrogen) atoms. The van der Waals surface area contributed by atoms with E-state index in [4.69, 9.17) is 0 Å². The first-order valence-electron chi connectivity index (χ1n) is 8.50. The molecular weight excluding hydrogens is 332 g/mol. The number of carbonyl (C=O) groups is 2. The van der Waals surface area contributed by atoms with Crippen LogP contribution < -0.4 is 0 Å². The number of hydrogen-bond acceptors (Lipinski definition) is 5. The molecule has 1 aliphatic heterocycles. The van der Waals surface area contributed by atoms with E-state index < -0.39 is 0 Å². The zero-order chi connectivity index (χ0) is 17.9. The molecule has 1 fully saturated rings. The lowest BCUT2D eigenvalue weighted by atomic mass is 10.1. The van der Waals surface area contributed by atoms with Crippen LogP contribution in [0.2, 0.25) is 0 Å². The van der Waals surface area contributed by atoms with Crippen molar-refractivity contribution in [1.82, 2.24) is 29.7 Å². The van der Waals surface area contributed by atoms with Crippen LogP contribution in [0, 0.1) is 0 Å². The van der Waals surface area contributed by atoms with Gasteiger partial charge in [-0.3, -0.25) is 14.6 Å². The van der Waals surface area contributed by atoms with Crippen molar-refractivity contribution in [3.8, 4) is 0 Å². The average molecular weight is 350 g/mol. The molecule has 0 saturated carbocycles. The van der Waals surface area contributed by atoms with Crippen LogP contribution in [-0.4, -0.2) is 67.7 Å². The lowest BCUT2D eigenvalue weighted by Crippen LogP contribution is -2.37. The molecule has 0 atom stereocenters. The minimum atomic E-state index is -0.147. The number of aromatic amines is 1. The summed E-state index contributed by atoms with van der Waals surface area (Å²) in [5.41, 5.74) is 2.62. The first-order chi connectivity index (χ1) is 12.7. The van der Waals surface area contributed by atoms with Gasteiger partial charge >= 0.3 is 0 Å². The molecule has 1 aliphatic rings. The second-order valence-corrected chi connectivity index (χ2v) is 6.16. The van der Waals surface area contributed by atoms with Crippen LogP contribution in [0.5, 0.6) is 0 Å². The van der Waals surface area contributed by atoms with Crippen LogP contribution in [0.1, 0.15) is 27.3 Å². The van der Waals surface area contributed by atoms with Gasteiger partial charge < -0.3 is 14.8 Å². The third-order valence-electron chi connectivity index (χ3n) is 4.52. The van der Waals surface area contributed by atoms with Crippen molar-refractivity contribution in [2.75, 3.05) is 26.2 Å². The molecule has 0 bridgehead atoms. The lowest BCUT2D eigenvalue weighted by molar-refractivity contribution is 0.0715. The molecule has 0 spiro atoms. The van der Waals surface area contributed by atoms with Crippen molar-refractivity contribution < 1.29 is 9.59 Å². The minimum absolute atomic E-state index is 0.0321. The highest BCUT2D eigenvalue weighted by atomic mass is 16.2. The van der Waals surface area contributed by atoms with Gasteiger partial charge in [0.1, 0.15) is 5.69 Å². The molecule has 8 heteroatoms. The van der Waals surface area contributed by atoms with E-state index >= 15 is 0 Å². The topological polar surface area (TPSA) is 95.1 Å². The number of fused-ring (bicyclic) bond motifs is 1. The van der Waals surface area contributed by atoms with Gasteiger partial charge in [-0.05, 0) is 24.6 Å². The predicted octanol–water partition coefficient (Wildman–Crippen LogP) is 1.34. The first-order valence-corrected chi connectivity index (χ1v) is 8.50. The van der Waals surface area contributed by atoms with Gasteiger partial charge in [0.25, 0.3) is 11.8 Å². The number of nitrogens with zero attached hydrogens (tertiary/aromatic N) is 5. The van der Waals surface area contributed by atoms with Crippen LogP contribution in [-0.2, 0) is 0 Å². The highest BCUT2D eigenvalue weighted by molar-refractivity contribution is 5.97. The van der Waals surface area contributed by atoms with Gasteiger partial charge in [0, 0.05) is 44.1 Å². The lowest BCUT2D eigenvalue weighted by Gasteiger charge is -2.22. The summed E-state index contributed by atoms with van der Waals surface area (Å²) in [6.07, 6.45) is 6.85. The summed E-state index contributed by atoms with van der Waals surface area (Å²) in [6.45, 7) is 2.18. The van der Waals surface area contributed by atoms with E-state index in [-0.39, 0.29) is 11.8 Å². The largest absolute Gasteiger partial charge is 0.345 e. The van der Waals surface area contributed by atoms with Gasteiger partial charge in [-0.1, -0.05) is 0 Å². The molecule has 0 radical (unpaired) electrons. The molecule has 3 aromatic rings. The fourth-order valence-corrected chi connectivity index (χ4v) is 3.15. The Morgan fingerprint density at radius 2 is 1.77 bits per heavy atom. The van der Waals surface area contributed by atoms with Crippen molar-refractivity contribution >= 4 is 22.8 Å². The van der Waals surface area contributed by atoms with E-state index in [9.17, 15) is 9.59 Å². The summed E-state index contributed by atoms with van der Waals surface area (Å²) in [6, 6.07) is 5.44. The second kappa shape index (κ2) is 6.91. The smallest absolute Gasteiger partial charge is 0.274 e. The Morgan fingerprint density at radius 3 is 2.54 bits per heavy atom. The van der Waals surface area contributed by atoms with Crippen molar-refractivity contribution in [3.05, 3.63) is 54.4 Å². The normalized spacial score (nSPS) is 15.1. The second-order valence-electron chi connectivity index (χ2n) is 6.16. The third kappa shape index (κ3) is 3.13. The van der Waals surface area contributed by atoms with Gasteiger partial charge in [-0.2, -0.15) is 0 Å². The van der Waals surface area contributed by atoms with Gasteiger partial charge in [-0.15, -0.1) is 0 Å². The van der Waals surface area contributed by atoms with Crippen LogP contribution in [0.3, 0.4) is 0 Å². The molecule has 1 saturated heterocycles. The highest BCUT2D eigenvalue weighted by Gasteiger charge is 2.24. The molecule has 3 heterocycles. The monoisotopic (exact) mass is 350 g/mol. The highest BCUT2D eigenvalue weighted by Crippen LogP contribution is 2.15. The van der Waals surface area contributed by atoms with Crippen molar-refractivity contribution in [1.29, 1.82) is 0 Å². The van der Waals surface area contributed by atoms with Crippen LogP contribution in [0.15, 0.2) is 43.1 Å². The zero-order valence-electron chi connectivity index (χ0n) is 14.1. The maximum atomic E-state index is 12.8. The summed E-state index contributed by atoms with van der Waals surface area (Å²) in [5, 5.41) is 0. The van der Waals surface area contributed by atoms with Crippen molar-refractivity contribution in [2.45, 2.75) is 6.42 Å². The molecule has 0 aliphatic carbocycles. The average Bonchev–Trinajstić information content (AvgIpc) is 3.02. The van der Waals surface area contributed by atoms with Gasteiger partial charge in [0.15, 0.2) is 0 Å². The quantitative estimate of drug-likeness (QED) is 0.752. The van der Waals surface area contributed by atoms with E-state index in [0.717, 1.165) is 17.5 Å². The van der Waals surface area contributed by atoms with Crippen LogP contribution in [0.25, 0.3) is 11.0 Å². The van der Waals surface area contributed by atoms with E-state index in [2.05, 4.69) is 19.9 Å². The fourth-order valence-electron chi connectivity index (χ4n) is 3.15. The van der Waals surface area contributed by atoms with E-state index in [1.807, 2.05) is 12.1 Å². The number of amides is 2. The Hall–Kier alpha value is -3.29. The maximum Gasteiger partial charge on any atom is 0.274 e. The Kier molecular flexibility index (Phi) is 4.30. The molecule has 2 aromatic heterocycles. The molecule has 1 N–H and O–H groups in total. The van der Waals surface area contributed by atoms with E-state index in [1.54, 1.807) is 22.2 Å². The van der Waals surface area contributed by atoms with Gasteiger partial charge in [-0.25, -0.2) is 9.97 Å². The molecule has 4 rings (SSSR count). The number of aromatic nitrogens is 4. The number of imidazole rings is 1. The number of carbonyl (C=O) groups excluding carboxylic acids is 2. The van der Waals surface area contributed by atoms with Gasteiger partial charge in [0.05, 0.1) is 23.6 Å². The fraction of sp³-hybridized carbons (Fsp3) is 0.278. The number of benzene rings is 1. The Morgan fingerprint density at radius 1 is 0.962 bits per heavy atom. The molecule has 0 unspecified atom stereocenters. The molecule has 2 amide bonds. The summed E-state index contributed by atoms with van der Waals surface area (Å²) in [7, 11) is 0. The summed E-state index contributed by atoms with van der Waals surface area (Å²) in [5.74, 6) is -0.179. The molecule has 8 nitrogen and oxygen atoms in total. The Labute approximate surface area is 149 Å². The summed E-state index contributed by atoms with van der Waals surface area (Å²) < 4.78 is 0. The third-order valence-corrected chi connectivity index (χ3v) is 4.52. The number of nitrogens with one attached hydrogen (secondary N) is 1. The van der Waals surface area contributed by atoms with Crippen molar-refractivity contribution in [2.24, 2.45) is 0 Å². The number of rotatable bonds is 2. The van der Waals surface area contributed by atoms with Crippen molar-refractivity contribution in [3.63, 3.8) is 0 Å².